The van der Waals surface area contributed by atoms with Gasteiger partial charge in [0.1, 0.15) is 0 Å². The lowest BCUT2D eigenvalue weighted by Gasteiger charge is -2.18. The van der Waals surface area contributed by atoms with Gasteiger partial charge in [0.05, 0.1) is 5.69 Å². The fourth-order valence-corrected chi connectivity index (χ4v) is 3.32. The maximum absolute atomic E-state index is 4.66. The maximum atomic E-state index is 4.66. The van der Waals surface area contributed by atoms with Crippen molar-refractivity contribution in [1.82, 2.24) is 4.98 Å². The zero-order chi connectivity index (χ0) is 17.1. The molecule has 0 aliphatic carbocycles. The lowest BCUT2D eigenvalue weighted by molar-refractivity contribution is 1.32. The number of aromatic nitrogens is 1. The molecule has 0 spiro atoms. The second-order valence-corrected chi connectivity index (χ2v) is 6.13. The lowest BCUT2D eigenvalue weighted by atomic mass is 9.87. The van der Waals surface area contributed by atoms with Crippen molar-refractivity contribution in [2.45, 2.75) is 6.92 Å². The molecular weight excluding hydrogens is 302 g/mol. The van der Waals surface area contributed by atoms with Crippen LogP contribution in [0.25, 0.3) is 33.5 Å². The molecule has 25 heavy (non-hydrogen) atoms. The Morgan fingerprint density at radius 2 is 1.20 bits per heavy atom. The van der Waals surface area contributed by atoms with Crippen molar-refractivity contribution in [2.24, 2.45) is 0 Å². The third-order valence-corrected chi connectivity index (χ3v) is 4.48. The van der Waals surface area contributed by atoms with Crippen molar-refractivity contribution in [3.8, 4) is 33.5 Å². The van der Waals surface area contributed by atoms with Crippen LogP contribution in [0.4, 0.5) is 0 Å². The molecule has 0 aliphatic rings. The van der Waals surface area contributed by atoms with Crippen LogP contribution in [0.2, 0.25) is 0 Å². The summed E-state index contributed by atoms with van der Waals surface area (Å²) in [6, 6.07) is 31.6. The van der Waals surface area contributed by atoms with Gasteiger partial charge in [-0.05, 0) is 46.9 Å². The van der Waals surface area contributed by atoms with Crippen LogP contribution in [-0.4, -0.2) is 4.98 Å². The van der Waals surface area contributed by atoms with Crippen LogP contribution in [0, 0.1) is 6.92 Å². The van der Waals surface area contributed by atoms with Gasteiger partial charge >= 0.3 is 0 Å². The molecular formula is C24H19N. The van der Waals surface area contributed by atoms with E-state index in [2.05, 4.69) is 90.8 Å². The summed E-state index contributed by atoms with van der Waals surface area (Å²) in [5.41, 5.74) is 8.34. The van der Waals surface area contributed by atoms with Crippen LogP contribution in [0.15, 0.2) is 97.2 Å². The zero-order valence-electron chi connectivity index (χ0n) is 14.2. The Bertz CT molecular complexity index is 974. The number of benzene rings is 3. The average Bonchev–Trinajstić information content (AvgIpc) is 2.70. The summed E-state index contributed by atoms with van der Waals surface area (Å²) in [5, 5.41) is 0. The zero-order valence-corrected chi connectivity index (χ0v) is 14.2. The molecule has 0 fully saturated rings. The van der Waals surface area contributed by atoms with E-state index in [0.717, 1.165) is 5.69 Å². The Labute approximate surface area is 148 Å². The molecule has 4 rings (SSSR count). The molecule has 0 atom stereocenters. The Morgan fingerprint density at radius 3 is 1.84 bits per heavy atom. The number of aryl methyl sites for hydroxylation is 1. The van der Waals surface area contributed by atoms with Gasteiger partial charge in [-0.1, -0.05) is 78.9 Å². The molecule has 0 radical (unpaired) electrons. The van der Waals surface area contributed by atoms with Crippen LogP contribution < -0.4 is 0 Å². The van der Waals surface area contributed by atoms with E-state index in [1.807, 2.05) is 18.3 Å². The smallest absolute Gasteiger partial charge is 0.0714 e. The maximum Gasteiger partial charge on any atom is 0.0714 e. The monoisotopic (exact) mass is 321 g/mol. The van der Waals surface area contributed by atoms with E-state index < -0.39 is 0 Å². The molecule has 1 heterocycles. The van der Waals surface area contributed by atoms with Crippen molar-refractivity contribution in [2.75, 3.05) is 0 Å². The van der Waals surface area contributed by atoms with Crippen molar-refractivity contribution in [1.29, 1.82) is 0 Å². The highest BCUT2D eigenvalue weighted by atomic mass is 14.7. The molecule has 0 saturated heterocycles. The van der Waals surface area contributed by atoms with Gasteiger partial charge < -0.3 is 0 Å². The van der Waals surface area contributed by atoms with Crippen LogP contribution in [0.3, 0.4) is 0 Å². The molecule has 0 aliphatic heterocycles. The van der Waals surface area contributed by atoms with Gasteiger partial charge in [0, 0.05) is 11.8 Å². The molecule has 0 unspecified atom stereocenters. The van der Waals surface area contributed by atoms with Gasteiger partial charge in [-0.15, -0.1) is 0 Å². The van der Waals surface area contributed by atoms with E-state index in [0.29, 0.717) is 0 Å². The summed E-state index contributed by atoms with van der Waals surface area (Å²) in [4.78, 5) is 4.66. The highest BCUT2D eigenvalue weighted by Crippen LogP contribution is 2.40. The number of rotatable bonds is 3. The molecule has 3 aromatic carbocycles. The number of hydrogen-bond acceptors (Lipinski definition) is 1. The number of hydrogen-bond donors (Lipinski definition) is 0. The molecule has 0 N–H and O–H groups in total. The first kappa shape index (κ1) is 15.3. The molecule has 1 heteroatoms. The third kappa shape index (κ3) is 2.97. The van der Waals surface area contributed by atoms with E-state index in [-0.39, 0.29) is 0 Å². The molecule has 120 valence electrons. The van der Waals surface area contributed by atoms with E-state index in [9.17, 15) is 0 Å². The third-order valence-electron chi connectivity index (χ3n) is 4.48. The molecule has 0 amide bonds. The summed E-state index contributed by atoms with van der Waals surface area (Å²) in [7, 11) is 0. The second kappa shape index (κ2) is 6.74. The second-order valence-electron chi connectivity index (χ2n) is 6.13. The van der Waals surface area contributed by atoms with Gasteiger partial charge in [0.25, 0.3) is 0 Å². The van der Waals surface area contributed by atoms with Crippen LogP contribution >= 0.6 is 0 Å². The SMILES string of the molecule is Cc1ccc(-c2ccccc2)c(-c2ccccn2)c1-c1ccccc1. The topological polar surface area (TPSA) is 12.9 Å². The van der Waals surface area contributed by atoms with E-state index in [4.69, 9.17) is 0 Å². The van der Waals surface area contributed by atoms with Gasteiger partial charge in [0.15, 0.2) is 0 Å². The highest BCUT2D eigenvalue weighted by Gasteiger charge is 2.16. The van der Waals surface area contributed by atoms with Gasteiger partial charge in [-0.25, -0.2) is 0 Å². The summed E-state index contributed by atoms with van der Waals surface area (Å²) in [5.74, 6) is 0. The van der Waals surface area contributed by atoms with Gasteiger partial charge in [-0.3, -0.25) is 4.98 Å². The molecule has 0 saturated carbocycles. The number of pyridine rings is 1. The van der Waals surface area contributed by atoms with Crippen molar-refractivity contribution in [3.05, 3.63) is 103 Å². The summed E-state index contributed by atoms with van der Waals surface area (Å²) in [6.45, 7) is 2.17. The van der Waals surface area contributed by atoms with E-state index >= 15 is 0 Å². The minimum Gasteiger partial charge on any atom is -0.256 e. The Hall–Kier alpha value is -3.19. The van der Waals surface area contributed by atoms with Crippen LogP contribution in [0.5, 0.6) is 0 Å². The Morgan fingerprint density at radius 1 is 0.560 bits per heavy atom. The molecule has 1 aromatic heterocycles. The molecule has 0 bridgehead atoms. The van der Waals surface area contributed by atoms with Crippen molar-refractivity contribution >= 4 is 0 Å². The predicted molar refractivity (Wildman–Crippen MR) is 105 cm³/mol. The lowest BCUT2D eigenvalue weighted by Crippen LogP contribution is -1.95. The minimum absolute atomic E-state index is 1.00. The number of nitrogens with zero attached hydrogens (tertiary/aromatic N) is 1. The molecule has 1 nitrogen and oxygen atoms in total. The first-order valence-corrected chi connectivity index (χ1v) is 8.50. The fourth-order valence-electron chi connectivity index (χ4n) is 3.32. The first-order chi connectivity index (χ1) is 12.3. The highest BCUT2D eigenvalue weighted by molar-refractivity contribution is 5.94. The first-order valence-electron chi connectivity index (χ1n) is 8.50. The Balaban J connectivity index is 2.08. The summed E-state index contributed by atoms with van der Waals surface area (Å²) >= 11 is 0. The van der Waals surface area contributed by atoms with Crippen LogP contribution in [0.1, 0.15) is 5.56 Å². The van der Waals surface area contributed by atoms with Crippen molar-refractivity contribution in [3.63, 3.8) is 0 Å². The predicted octanol–water partition coefficient (Wildman–Crippen LogP) is 6.39. The quantitative estimate of drug-likeness (QED) is 0.426. The van der Waals surface area contributed by atoms with Crippen LogP contribution in [-0.2, 0) is 0 Å². The normalized spacial score (nSPS) is 10.6. The summed E-state index contributed by atoms with van der Waals surface area (Å²) in [6.07, 6.45) is 1.86. The molecule has 4 aromatic rings. The van der Waals surface area contributed by atoms with E-state index in [1.165, 1.54) is 33.4 Å². The Kier molecular flexibility index (Phi) is 4.14. The van der Waals surface area contributed by atoms with E-state index in [1.54, 1.807) is 0 Å². The fraction of sp³-hybridized carbons (Fsp3) is 0.0417. The largest absolute Gasteiger partial charge is 0.256 e. The van der Waals surface area contributed by atoms with Crippen molar-refractivity contribution < 1.29 is 0 Å². The summed E-state index contributed by atoms with van der Waals surface area (Å²) < 4.78 is 0. The van der Waals surface area contributed by atoms with Gasteiger partial charge in [0.2, 0.25) is 0 Å². The standard InChI is InChI=1S/C24H19N/c1-18-15-16-21(19-10-4-2-5-11-19)24(22-14-8-9-17-25-22)23(18)20-12-6-3-7-13-20/h2-17H,1H3. The van der Waals surface area contributed by atoms with Gasteiger partial charge in [-0.2, -0.15) is 0 Å². The average molecular weight is 321 g/mol. The minimum atomic E-state index is 1.00.